The van der Waals surface area contributed by atoms with E-state index in [0.29, 0.717) is 11.7 Å². The van der Waals surface area contributed by atoms with Crippen LogP contribution >= 0.6 is 0 Å². The van der Waals surface area contributed by atoms with Crippen molar-refractivity contribution in [1.82, 2.24) is 0 Å². The Balaban J connectivity index is 0.00000147. The van der Waals surface area contributed by atoms with E-state index >= 15 is 0 Å². The van der Waals surface area contributed by atoms with Gasteiger partial charge >= 0.3 is 51.4 Å². The van der Waals surface area contributed by atoms with Crippen LogP contribution in [0.5, 0.6) is 0 Å². The Morgan fingerprint density at radius 2 is 1.75 bits per heavy atom. The van der Waals surface area contributed by atoms with Crippen molar-refractivity contribution in [2.24, 2.45) is 16.7 Å². The second-order valence-corrected chi connectivity index (χ2v) is 6.98. The van der Waals surface area contributed by atoms with Gasteiger partial charge in [0.1, 0.15) is 0 Å². The Hall–Kier alpha value is 0.266. The Bertz CT molecular complexity index is 568. The zero-order chi connectivity index (χ0) is 13.8. The van der Waals surface area contributed by atoms with Crippen molar-refractivity contribution in [3.05, 3.63) is 41.0 Å². The van der Waals surface area contributed by atoms with Crippen LogP contribution in [0, 0.1) is 23.7 Å². The molecule has 2 fully saturated rings. The van der Waals surface area contributed by atoms with Gasteiger partial charge in [0.15, 0.2) is 5.78 Å². The maximum Gasteiger partial charge on any atom is 1.00 e. The molecule has 2 heteroatoms. The van der Waals surface area contributed by atoms with Gasteiger partial charge in [-0.3, -0.25) is 4.79 Å². The molecule has 1 nitrogen and oxygen atoms in total. The number of ketones is 1. The molecule has 0 aliphatic heterocycles. The molecule has 0 aromatic heterocycles. The predicted octanol–water partition coefficient (Wildman–Crippen LogP) is 1.41. The van der Waals surface area contributed by atoms with Crippen molar-refractivity contribution >= 4 is 11.9 Å². The summed E-state index contributed by atoms with van der Waals surface area (Å²) >= 11 is 0. The normalized spacial score (nSPS) is 32.5. The Labute approximate surface area is 164 Å². The summed E-state index contributed by atoms with van der Waals surface area (Å²) in [6, 6.07) is 8.43. The number of hydrogen-bond acceptors (Lipinski definition) is 1. The summed E-state index contributed by atoms with van der Waals surface area (Å²) in [6.45, 7) is 8.77. The zero-order valence-electron chi connectivity index (χ0n) is 13.3. The number of carbonyl (C=O) groups excluding carboxylic acids is 1. The van der Waals surface area contributed by atoms with Crippen molar-refractivity contribution < 1.29 is 56.2 Å². The molecular formula is C18H22KO+. The molecule has 20 heavy (non-hydrogen) atoms. The molecule has 2 bridgehead atoms. The molecule has 0 heterocycles. The number of aryl methyl sites for hydroxylation is 1. The molecule has 2 unspecified atom stereocenters. The summed E-state index contributed by atoms with van der Waals surface area (Å²) in [5.74, 6) is 0.820. The Kier molecular flexibility index (Phi) is 4.55. The average Bonchev–Trinajstić information content (AvgIpc) is 2.66. The van der Waals surface area contributed by atoms with Gasteiger partial charge in [-0.05, 0) is 48.3 Å². The molecule has 2 aliphatic carbocycles. The fourth-order valence-corrected chi connectivity index (χ4v) is 3.94. The molecule has 1 aromatic carbocycles. The molecule has 2 aliphatic rings. The predicted molar refractivity (Wildman–Crippen MR) is 78.8 cm³/mol. The van der Waals surface area contributed by atoms with Gasteiger partial charge in [0.05, 0.1) is 0 Å². The van der Waals surface area contributed by atoms with Crippen LogP contribution in [0.15, 0.2) is 29.8 Å². The fraction of sp³-hybridized carbons (Fsp3) is 0.500. The third-order valence-electron chi connectivity index (χ3n) is 5.76. The summed E-state index contributed by atoms with van der Waals surface area (Å²) in [5, 5.41) is 0. The summed E-state index contributed by atoms with van der Waals surface area (Å²) in [4.78, 5) is 12.7. The monoisotopic (exact) mass is 293 g/mol. The van der Waals surface area contributed by atoms with Crippen LogP contribution in [0.25, 0.3) is 6.08 Å². The maximum absolute atomic E-state index is 12.7. The topological polar surface area (TPSA) is 17.1 Å². The van der Waals surface area contributed by atoms with Gasteiger partial charge < -0.3 is 0 Å². The van der Waals surface area contributed by atoms with Gasteiger partial charge in [-0.25, -0.2) is 0 Å². The second-order valence-electron chi connectivity index (χ2n) is 6.98. The summed E-state index contributed by atoms with van der Waals surface area (Å²) in [5.41, 5.74) is 3.44. The van der Waals surface area contributed by atoms with E-state index in [1.54, 1.807) is 0 Å². The first-order valence-corrected chi connectivity index (χ1v) is 7.19. The van der Waals surface area contributed by atoms with E-state index in [9.17, 15) is 4.79 Å². The fourth-order valence-electron chi connectivity index (χ4n) is 3.94. The van der Waals surface area contributed by atoms with Crippen LogP contribution in [0.4, 0.5) is 0 Å². The van der Waals surface area contributed by atoms with E-state index < -0.39 is 0 Å². The number of carbonyl (C=O) groups is 1. The molecule has 2 saturated carbocycles. The quantitative estimate of drug-likeness (QED) is 0.565. The molecule has 1 aromatic rings. The van der Waals surface area contributed by atoms with Gasteiger partial charge in [0.2, 0.25) is 0 Å². The largest absolute Gasteiger partial charge is 1.00 e. The van der Waals surface area contributed by atoms with Crippen LogP contribution in [-0.4, -0.2) is 5.78 Å². The number of hydrogen-bond donors (Lipinski definition) is 0. The van der Waals surface area contributed by atoms with E-state index in [1.165, 1.54) is 5.56 Å². The first-order chi connectivity index (χ1) is 8.86. The van der Waals surface area contributed by atoms with Crippen LogP contribution in [0.1, 0.15) is 44.7 Å². The SMILES string of the molecule is Cc1ccc(/C=C2\C(=O)C3(C)CCC2C3(C)C)cc1.[K+]. The standard InChI is InChI=1S/C18H22O.K/c1-12-5-7-13(8-6-12)11-14-15-9-10-18(4,16(14)19)17(15,2)3;/h5-8,11,15H,9-10H2,1-4H3;/q;+1/b14-11-;. The second kappa shape index (κ2) is 5.47. The minimum absolute atomic E-state index is 0. The third-order valence-corrected chi connectivity index (χ3v) is 5.76. The number of benzene rings is 1. The van der Waals surface area contributed by atoms with Crippen LogP contribution in [0.3, 0.4) is 0 Å². The van der Waals surface area contributed by atoms with Gasteiger partial charge in [0, 0.05) is 5.41 Å². The Morgan fingerprint density at radius 3 is 2.25 bits per heavy atom. The summed E-state index contributed by atoms with van der Waals surface area (Å²) < 4.78 is 0. The molecule has 2 atom stereocenters. The van der Waals surface area contributed by atoms with Gasteiger partial charge in [-0.15, -0.1) is 0 Å². The number of allylic oxidation sites excluding steroid dienone is 1. The van der Waals surface area contributed by atoms with Gasteiger partial charge in [-0.1, -0.05) is 50.6 Å². The smallest absolute Gasteiger partial charge is 0.294 e. The van der Waals surface area contributed by atoms with E-state index in [1.807, 2.05) is 0 Å². The first kappa shape index (κ1) is 16.6. The molecule has 0 N–H and O–H groups in total. The Morgan fingerprint density at radius 1 is 1.15 bits per heavy atom. The molecule has 100 valence electrons. The van der Waals surface area contributed by atoms with Crippen molar-refractivity contribution in [2.75, 3.05) is 0 Å². The first-order valence-electron chi connectivity index (χ1n) is 7.19. The minimum Gasteiger partial charge on any atom is -0.294 e. The van der Waals surface area contributed by atoms with E-state index in [-0.39, 0.29) is 62.2 Å². The molecular weight excluding hydrogens is 271 g/mol. The van der Waals surface area contributed by atoms with E-state index in [2.05, 4.69) is 58.0 Å². The van der Waals surface area contributed by atoms with Crippen LogP contribution in [0.2, 0.25) is 0 Å². The average molecular weight is 293 g/mol. The molecule has 0 saturated heterocycles. The minimum atomic E-state index is -0.145. The van der Waals surface area contributed by atoms with Gasteiger partial charge in [-0.2, -0.15) is 0 Å². The van der Waals surface area contributed by atoms with Gasteiger partial charge in [0.25, 0.3) is 0 Å². The molecule has 3 rings (SSSR count). The molecule has 0 amide bonds. The van der Waals surface area contributed by atoms with Crippen LogP contribution in [-0.2, 0) is 4.79 Å². The van der Waals surface area contributed by atoms with Crippen molar-refractivity contribution in [3.8, 4) is 0 Å². The number of Topliss-reactive ketones (excluding diaryl/α,β-unsaturated/α-hetero) is 1. The van der Waals surface area contributed by atoms with Crippen molar-refractivity contribution in [2.45, 2.75) is 40.5 Å². The van der Waals surface area contributed by atoms with Crippen molar-refractivity contribution in [1.29, 1.82) is 0 Å². The number of fused-ring (bicyclic) bond motifs is 2. The molecule has 0 radical (unpaired) electrons. The van der Waals surface area contributed by atoms with E-state index in [0.717, 1.165) is 24.0 Å². The summed E-state index contributed by atoms with van der Waals surface area (Å²) in [7, 11) is 0. The third kappa shape index (κ3) is 2.24. The van der Waals surface area contributed by atoms with Crippen LogP contribution < -0.4 is 51.4 Å². The number of rotatable bonds is 1. The van der Waals surface area contributed by atoms with Crippen molar-refractivity contribution in [3.63, 3.8) is 0 Å². The zero-order valence-corrected chi connectivity index (χ0v) is 16.4. The molecule has 0 spiro atoms. The summed E-state index contributed by atoms with van der Waals surface area (Å²) in [6.07, 6.45) is 4.33. The maximum atomic E-state index is 12.7. The van der Waals surface area contributed by atoms with E-state index in [4.69, 9.17) is 0 Å².